The highest BCUT2D eigenvalue weighted by molar-refractivity contribution is 9.10. The molecule has 3 aromatic rings. The zero-order chi connectivity index (χ0) is 22.9. The second-order valence-corrected chi connectivity index (χ2v) is 8.33. The summed E-state index contributed by atoms with van der Waals surface area (Å²) < 4.78 is 12.5. The quantitative estimate of drug-likeness (QED) is 0.245. The second-order valence-electron chi connectivity index (χ2n) is 6.66. The lowest BCUT2D eigenvalue weighted by Gasteiger charge is -2.15. The van der Waals surface area contributed by atoms with Crippen molar-refractivity contribution in [3.63, 3.8) is 0 Å². The predicted octanol–water partition coefficient (Wildman–Crippen LogP) is 6.73. The number of ether oxygens (including phenoxy) is 2. The maximum atomic E-state index is 9.07. The Morgan fingerprint density at radius 3 is 2.56 bits per heavy atom. The molecule has 0 aliphatic heterocycles. The Balaban J connectivity index is 1.71. The molecule has 0 spiro atoms. The maximum Gasteiger partial charge on any atom is 0.175 e. The molecule has 3 rings (SSSR count). The van der Waals surface area contributed by atoms with Gasteiger partial charge in [-0.3, -0.25) is 0 Å². The molecular weight excluding hydrogens is 513 g/mol. The van der Waals surface area contributed by atoms with Crippen LogP contribution in [0, 0.1) is 11.3 Å². The number of nitrogens with zero attached hydrogens (tertiary/aromatic N) is 2. The minimum Gasteiger partial charge on any atom is -0.490 e. The average Bonchev–Trinajstić information content (AvgIpc) is 2.78. The van der Waals surface area contributed by atoms with Gasteiger partial charge in [-0.15, -0.1) is 0 Å². The van der Waals surface area contributed by atoms with Gasteiger partial charge in [0.2, 0.25) is 0 Å². The Morgan fingerprint density at radius 2 is 1.84 bits per heavy atom. The van der Waals surface area contributed by atoms with Crippen LogP contribution in [0.1, 0.15) is 29.2 Å². The molecular formula is C24H20BrCl2N3O2. The fraction of sp³-hybridized carbons (Fsp3) is 0.167. The molecule has 0 bridgehead atoms. The molecule has 0 aliphatic carbocycles. The number of benzene rings is 3. The van der Waals surface area contributed by atoms with Crippen LogP contribution in [0.15, 0.2) is 64.2 Å². The highest BCUT2D eigenvalue weighted by Crippen LogP contribution is 2.37. The highest BCUT2D eigenvalue weighted by atomic mass is 79.9. The Morgan fingerprint density at radius 1 is 1.09 bits per heavy atom. The molecule has 1 N–H and O–H groups in total. The largest absolute Gasteiger partial charge is 0.490 e. The molecule has 0 amide bonds. The molecule has 8 heteroatoms. The van der Waals surface area contributed by atoms with Crippen LogP contribution in [-0.2, 0) is 13.2 Å². The molecule has 0 heterocycles. The van der Waals surface area contributed by atoms with Crippen LogP contribution in [0.25, 0.3) is 0 Å². The van der Waals surface area contributed by atoms with Gasteiger partial charge in [-0.25, -0.2) is 0 Å². The topological polar surface area (TPSA) is 66.6 Å². The summed E-state index contributed by atoms with van der Waals surface area (Å²) in [6.45, 7) is 3.10. The number of nitrogens with one attached hydrogen (secondary N) is 1. The number of hydrazone groups is 1. The number of rotatable bonds is 9. The maximum absolute atomic E-state index is 9.07. The average molecular weight is 533 g/mol. The minimum absolute atomic E-state index is 0.307. The zero-order valence-electron chi connectivity index (χ0n) is 17.2. The van der Waals surface area contributed by atoms with Crippen LogP contribution in [0.4, 0.5) is 0 Å². The summed E-state index contributed by atoms with van der Waals surface area (Å²) in [5.41, 5.74) is 6.05. The van der Waals surface area contributed by atoms with E-state index in [9.17, 15) is 0 Å². The van der Waals surface area contributed by atoms with Crippen molar-refractivity contribution >= 4 is 45.3 Å². The van der Waals surface area contributed by atoms with Crippen molar-refractivity contribution in [1.82, 2.24) is 5.43 Å². The summed E-state index contributed by atoms with van der Waals surface area (Å²) in [5, 5.41) is 14.5. The Bertz CT molecular complexity index is 1140. The first-order valence-electron chi connectivity index (χ1n) is 9.78. The van der Waals surface area contributed by atoms with Gasteiger partial charge in [0.25, 0.3) is 0 Å². The summed E-state index contributed by atoms with van der Waals surface area (Å²) in [4.78, 5) is 0. The fourth-order valence-electron chi connectivity index (χ4n) is 2.90. The van der Waals surface area contributed by atoms with E-state index in [1.165, 1.54) is 0 Å². The SMILES string of the molecule is CCOc1cc(/C=N\NCc2c(Cl)cccc2Cl)cc(Br)c1OCc1cccc(C#N)c1. The Hall–Kier alpha value is -2.72. The molecule has 0 radical (unpaired) electrons. The van der Waals surface area contributed by atoms with Crippen molar-refractivity contribution in [3.8, 4) is 17.6 Å². The third-order valence-corrected chi connectivity index (χ3v) is 5.69. The van der Waals surface area contributed by atoms with E-state index in [-0.39, 0.29) is 0 Å². The number of hydrogen-bond acceptors (Lipinski definition) is 5. The predicted molar refractivity (Wildman–Crippen MR) is 132 cm³/mol. The van der Waals surface area contributed by atoms with E-state index in [4.69, 9.17) is 37.9 Å². The smallest absolute Gasteiger partial charge is 0.175 e. The Kier molecular flexibility index (Phi) is 8.81. The van der Waals surface area contributed by atoms with Gasteiger partial charge in [-0.1, -0.05) is 41.4 Å². The van der Waals surface area contributed by atoms with E-state index >= 15 is 0 Å². The van der Waals surface area contributed by atoms with Gasteiger partial charge < -0.3 is 14.9 Å². The van der Waals surface area contributed by atoms with Crippen LogP contribution in [0.2, 0.25) is 10.0 Å². The van der Waals surface area contributed by atoms with E-state index in [0.717, 1.165) is 21.2 Å². The lowest BCUT2D eigenvalue weighted by molar-refractivity contribution is 0.267. The van der Waals surface area contributed by atoms with Gasteiger partial charge in [-0.2, -0.15) is 10.4 Å². The molecule has 3 aromatic carbocycles. The molecule has 5 nitrogen and oxygen atoms in total. The lowest BCUT2D eigenvalue weighted by atomic mass is 10.1. The van der Waals surface area contributed by atoms with Crippen LogP contribution in [-0.4, -0.2) is 12.8 Å². The summed E-state index contributed by atoms with van der Waals surface area (Å²) in [6.07, 6.45) is 1.68. The van der Waals surface area contributed by atoms with E-state index in [1.807, 2.05) is 31.2 Å². The van der Waals surface area contributed by atoms with E-state index in [0.29, 0.717) is 46.9 Å². The third kappa shape index (κ3) is 6.39. The molecule has 0 aliphatic rings. The van der Waals surface area contributed by atoms with Crippen molar-refractivity contribution in [2.45, 2.75) is 20.1 Å². The first-order valence-corrected chi connectivity index (χ1v) is 11.3. The molecule has 0 atom stereocenters. The number of nitriles is 1. The van der Waals surface area contributed by atoms with Crippen molar-refractivity contribution in [2.24, 2.45) is 5.10 Å². The van der Waals surface area contributed by atoms with Gasteiger partial charge in [0.05, 0.1) is 35.5 Å². The number of hydrogen-bond donors (Lipinski definition) is 1. The molecule has 0 unspecified atom stereocenters. The molecule has 0 saturated heterocycles. The Labute approximate surface area is 205 Å². The van der Waals surface area contributed by atoms with Gasteiger partial charge in [0, 0.05) is 15.6 Å². The molecule has 32 heavy (non-hydrogen) atoms. The zero-order valence-corrected chi connectivity index (χ0v) is 20.3. The van der Waals surface area contributed by atoms with Crippen molar-refractivity contribution < 1.29 is 9.47 Å². The van der Waals surface area contributed by atoms with Crippen LogP contribution in [0.5, 0.6) is 11.5 Å². The van der Waals surface area contributed by atoms with Gasteiger partial charge >= 0.3 is 0 Å². The van der Waals surface area contributed by atoms with E-state index < -0.39 is 0 Å². The van der Waals surface area contributed by atoms with Crippen LogP contribution in [0.3, 0.4) is 0 Å². The standard InChI is InChI=1S/C24H20BrCl2N3O2/c1-2-31-23-11-18(13-29-30-14-19-21(26)7-4-8-22(19)27)10-20(25)24(23)32-15-17-6-3-5-16(9-17)12-28/h3-11,13,30H,2,14-15H2,1H3/b29-13-. The highest BCUT2D eigenvalue weighted by Gasteiger charge is 2.12. The molecule has 0 saturated carbocycles. The minimum atomic E-state index is 0.307. The van der Waals surface area contributed by atoms with Crippen molar-refractivity contribution in [2.75, 3.05) is 6.61 Å². The second kappa shape index (κ2) is 11.8. The first kappa shape index (κ1) is 23.9. The monoisotopic (exact) mass is 531 g/mol. The third-order valence-electron chi connectivity index (χ3n) is 4.39. The van der Waals surface area contributed by atoms with Gasteiger partial charge in [0.1, 0.15) is 6.61 Å². The fourth-order valence-corrected chi connectivity index (χ4v) is 4.00. The van der Waals surface area contributed by atoms with Gasteiger partial charge in [-0.05, 0) is 70.4 Å². The summed E-state index contributed by atoms with van der Waals surface area (Å²) >= 11 is 15.9. The van der Waals surface area contributed by atoms with Crippen molar-refractivity contribution in [3.05, 3.63) is 91.4 Å². The van der Waals surface area contributed by atoms with Crippen molar-refractivity contribution in [1.29, 1.82) is 5.26 Å². The van der Waals surface area contributed by atoms with E-state index in [1.54, 1.807) is 36.5 Å². The summed E-state index contributed by atoms with van der Waals surface area (Å²) in [6, 6.07) is 18.5. The molecule has 0 aromatic heterocycles. The van der Waals surface area contributed by atoms with Crippen LogP contribution >= 0.6 is 39.1 Å². The summed E-state index contributed by atoms with van der Waals surface area (Å²) in [5.74, 6) is 1.18. The summed E-state index contributed by atoms with van der Waals surface area (Å²) in [7, 11) is 0. The van der Waals surface area contributed by atoms with Gasteiger partial charge in [0.15, 0.2) is 11.5 Å². The lowest BCUT2D eigenvalue weighted by Crippen LogP contribution is -2.07. The number of halogens is 3. The van der Waals surface area contributed by atoms with Crippen LogP contribution < -0.4 is 14.9 Å². The molecule has 164 valence electrons. The molecule has 0 fully saturated rings. The normalized spacial score (nSPS) is 10.7. The first-order chi connectivity index (χ1) is 15.5. The van der Waals surface area contributed by atoms with E-state index in [2.05, 4.69) is 32.5 Å².